The van der Waals surface area contributed by atoms with Crippen LogP contribution in [-0.4, -0.2) is 41.1 Å². The lowest BCUT2D eigenvalue weighted by molar-refractivity contribution is -0.141. The highest BCUT2D eigenvalue weighted by Gasteiger charge is 2.34. The van der Waals surface area contributed by atoms with E-state index in [9.17, 15) is 18.0 Å². The smallest absolute Gasteiger partial charge is 0.346 e. The minimum Gasteiger partial charge on any atom is -0.346 e. The Morgan fingerprint density at radius 2 is 2.17 bits per heavy atom. The maximum atomic E-state index is 12.2. The lowest BCUT2D eigenvalue weighted by Gasteiger charge is -2.22. The van der Waals surface area contributed by atoms with Crippen LogP contribution in [0.5, 0.6) is 0 Å². The molecular weight excluding hydrogens is 327 g/mol. The third-order valence-electron chi connectivity index (χ3n) is 3.81. The lowest BCUT2D eigenvalue weighted by Crippen LogP contribution is -2.45. The Labute approximate surface area is 135 Å². The Hall–Kier alpha value is -1.67. The van der Waals surface area contributed by atoms with E-state index in [1.54, 1.807) is 11.3 Å². The number of thiazole rings is 1. The van der Waals surface area contributed by atoms with Crippen LogP contribution in [0.3, 0.4) is 0 Å². The zero-order valence-corrected chi connectivity index (χ0v) is 13.1. The first-order valence-electron chi connectivity index (χ1n) is 7.35. The van der Waals surface area contributed by atoms with Crippen molar-refractivity contribution in [2.45, 2.75) is 31.6 Å². The van der Waals surface area contributed by atoms with Gasteiger partial charge in [0.15, 0.2) is 0 Å². The molecule has 0 radical (unpaired) electrons. The van der Waals surface area contributed by atoms with E-state index in [1.165, 1.54) is 0 Å². The molecule has 1 aliphatic heterocycles. The van der Waals surface area contributed by atoms with Crippen molar-refractivity contribution < 1.29 is 18.0 Å². The molecule has 0 aliphatic carbocycles. The highest BCUT2D eigenvalue weighted by atomic mass is 32.1. The molecule has 3 rings (SSSR count). The first kappa shape index (κ1) is 16.2. The molecule has 1 saturated heterocycles. The average molecular weight is 343 g/mol. The summed E-state index contributed by atoms with van der Waals surface area (Å²) < 4.78 is 37.8. The normalized spacial score (nSPS) is 19.3. The Kier molecular flexibility index (Phi) is 4.54. The van der Waals surface area contributed by atoms with E-state index in [0.29, 0.717) is 19.5 Å². The lowest BCUT2D eigenvalue weighted by atomic mass is 10.2. The van der Waals surface area contributed by atoms with Crippen LogP contribution in [0, 0.1) is 0 Å². The number of nitrogens with zero attached hydrogens (tertiary/aromatic N) is 2. The van der Waals surface area contributed by atoms with Gasteiger partial charge in [-0.3, -0.25) is 9.69 Å². The monoisotopic (exact) mass is 343 g/mol. The summed E-state index contributed by atoms with van der Waals surface area (Å²) in [4.78, 5) is 18.4. The van der Waals surface area contributed by atoms with Gasteiger partial charge in [0, 0.05) is 0 Å². The Morgan fingerprint density at radius 3 is 2.91 bits per heavy atom. The van der Waals surface area contributed by atoms with E-state index in [2.05, 4.69) is 4.98 Å². The zero-order chi connectivity index (χ0) is 16.4. The van der Waals surface area contributed by atoms with Crippen LogP contribution in [0.25, 0.3) is 10.2 Å². The molecule has 1 fully saturated rings. The van der Waals surface area contributed by atoms with Crippen molar-refractivity contribution in [3.8, 4) is 0 Å². The fourth-order valence-electron chi connectivity index (χ4n) is 2.78. The Balaban J connectivity index is 1.65. The quantitative estimate of drug-likeness (QED) is 0.928. The van der Waals surface area contributed by atoms with Crippen molar-refractivity contribution in [3.63, 3.8) is 0 Å². The molecule has 0 spiro atoms. The second-order valence-electron chi connectivity index (χ2n) is 5.54. The van der Waals surface area contributed by atoms with E-state index in [-0.39, 0.29) is 0 Å². The highest BCUT2D eigenvalue weighted by Crippen LogP contribution is 2.26. The number of likely N-dealkylation sites (tertiary alicyclic amines) is 1. The highest BCUT2D eigenvalue weighted by molar-refractivity contribution is 7.18. The predicted molar refractivity (Wildman–Crippen MR) is 82.1 cm³/mol. The van der Waals surface area contributed by atoms with Gasteiger partial charge in [0.2, 0.25) is 5.91 Å². The fraction of sp³-hybridized carbons (Fsp3) is 0.467. The standard InChI is InChI=1S/C15H16F3N3OS/c16-15(17,18)9-19-14(22)11-5-3-7-21(11)8-13-20-10-4-1-2-6-12(10)23-13/h1-2,4,6,11H,3,5,7-9H2,(H,19,22)/t11-/m1/s1. The molecule has 0 bridgehead atoms. The molecule has 2 aromatic rings. The molecule has 2 heterocycles. The number of carbonyl (C=O) groups is 1. The SMILES string of the molecule is O=C(NCC(F)(F)F)[C@H]1CCCN1Cc1nc2ccccc2s1. The predicted octanol–water partition coefficient (Wildman–Crippen LogP) is 2.94. The van der Waals surface area contributed by atoms with Crippen molar-refractivity contribution in [1.29, 1.82) is 0 Å². The van der Waals surface area contributed by atoms with Crippen LogP contribution in [0.2, 0.25) is 0 Å². The summed E-state index contributed by atoms with van der Waals surface area (Å²) in [7, 11) is 0. The third kappa shape index (κ3) is 4.00. The molecule has 1 aliphatic rings. The van der Waals surface area contributed by atoms with E-state index in [1.807, 2.05) is 34.5 Å². The minimum atomic E-state index is -4.38. The van der Waals surface area contributed by atoms with Crippen LogP contribution in [-0.2, 0) is 11.3 Å². The van der Waals surface area contributed by atoms with Gasteiger partial charge < -0.3 is 5.32 Å². The molecule has 1 aromatic heterocycles. The number of amides is 1. The summed E-state index contributed by atoms with van der Waals surface area (Å²) in [5.41, 5.74) is 0.907. The van der Waals surface area contributed by atoms with Gasteiger partial charge >= 0.3 is 6.18 Å². The Bertz CT molecular complexity index is 668. The van der Waals surface area contributed by atoms with Crippen LogP contribution in [0.1, 0.15) is 17.8 Å². The molecule has 0 saturated carbocycles. The van der Waals surface area contributed by atoms with Crippen LogP contribution in [0.15, 0.2) is 24.3 Å². The summed E-state index contributed by atoms with van der Waals surface area (Å²) in [6.07, 6.45) is -3.00. The van der Waals surface area contributed by atoms with Gasteiger partial charge in [-0.25, -0.2) is 4.98 Å². The maximum Gasteiger partial charge on any atom is 0.405 e. The number of hydrogen-bond donors (Lipinski definition) is 1. The van der Waals surface area contributed by atoms with Crippen molar-refractivity contribution in [2.24, 2.45) is 0 Å². The summed E-state index contributed by atoms with van der Waals surface area (Å²) in [6.45, 7) is -0.0964. The van der Waals surface area contributed by atoms with Gasteiger partial charge in [0.05, 0.1) is 22.8 Å². The number of nitrogens with one attached hydrogen (secondary N) is 1. The number of halogens is 3. The second-order valence-corrected chi connectivity index (χ2v) is 6.65. The molecule has 0 unspecified atom stereocenters. The van der Waals surface area contributed by atoms with Gasteiger partial charge in [-0.05, 0) is 31.5 Å². The van der Waals surface area contributed by atoms with E-state index < -0.39 is 24.7 Å². The van der Waals surface area contributed by atoms with Gasteiger partial charge in [-0.1, -0.05) is 12.1 Å². The number of benzene rings is 1. The molecule has 8 heteroatoms. The van der Waals surface area contributed by atoms with Gasteiger partial charge in [0.25, 0.3) is 0 Å². The number of alkyl halides is 3. The van der Waals surface area contributed by atoms with Crippen molar-refractivity contribution in [2.75, 3.05) is 13.1 Å². The second kappa shape index (κ2) is 6.45. The molecule has 23 heavy (non-hydrogen) atoms. The third-order valence-corrected chi connectivity index (χ3v) is 4.83. The molecule has 4 nitrogen and oxygen atoms in total. The molecule has 1 amide bonds. The largest absolute Gasteiger partial charge is 0.405 e. The zero-order valence-electron chi connectivity index (χ0n) is 12.3. The molecule has 1 aromatic carbocycles. The first-order chi connectivity index (χ1) is 10.9. The summed E-state index contributed by atoms with van der Waals surface area (Å²) in [5, 5.41) is 2.86. The summed E-state index contributed by atoms with van der Waals surface area (Å²) >= 11 is 1.55. The van der Waals surface area contributed by atoms with Crippen LogP contribution >= 0.6 is 11.3 Å². The van der Waals surface area contributed by atoms with Crippen molar-refractivity contribution in [1.82, 2.24) is 15.2 Å². The number of rotatable bonds is 4. The maximum absolute atomic E-state index is 12.2. The van der Waals surface area contributed by atoms with E-state index in [0.717, 1.165) is 21.6 Å². The first-order valence-corrected chi connectivity index (χ1v) is 8.17. The summed E-state index contributed by atoms with van der Waals surface area (Å²) in [5.74, 6) is -0.555. The molecule has 124 valence electrons. The minimum absolute atomic E-state index is 0.490. The number of aromatic nitrogens is 1. The summed E-state index contributed by atoms with van der Waals surface area (Å²) in [6, 6.07) is 7.24. The van der Waals surface area contributed by atoms with Gasteiger partial charge in [0.1, 0.15) is 11.6 Å². The molecule has 1 N–H and O–H groups in total. The van der Waals surface area contributed by atoms with Gasteiger partial charge in [-0.15, -0.1) is 11.3 Å². The number of fused-ring (bicyclic) bond motifs is 1. The molecular formula is C15H16F3N3OS. The van der Waals surface area contributed by atoms with E-state index in [4.69, 9.17) is 0 Å². The average Bonchev–Trinajstić information content (AvgIpc) is 3.10. The van der Waals surface area contributed by atoms with E-state index >= 15 is 0 Å². The van der Waals surface area contributed by atoms with Crippen LogP contribution in [0.4, 0.5) is 13.2 Å². The Morgan fingerprint density at radius 1 is 1.39 bits per heavy atom. The molecule has 1 atom stereocenters. The number of para-hydroxylation sites is 1. The topological polar surface area (TPSA) is 45.2 Å². The van der Waals surface area contributed by atoms with Crippen molar-refractivity contribution in [3.05, 3.63) is 29.3 Å². The van der Waals surface area contributed by atoms with Crippen LogP contribution < -0.4 is 5.32 Å². The van der Waals surface area contributed by atoms with Crippen molar-refractivity contribution >= 4 is 27.5 Å². The van der Waals surface area contributed by atoms with Gasteiger partial charge in [-0.2, -0.15) is 13.2 Å². The fourth-order valence-corrected chi connectivity index (χ4v) is 3.77. The number of carbonyl (C=O) groups excluding carboxylic acids is 1. The number of hydrogen-bond acceptors (Lipinski definition) is 4.